The van der Waals surface area contributed by atoms with Gasteiger partial charge >= 0.3 is 0 Å². The third-order valence-electron chi connectivity index (χ3n) is 2.96. The fraction of sp³-hybridized carbons (Fsp3) is 0.200. The van der Waals surface area contributed by atoms with Gasteiger partial charge in [-0.25, -0.2) is 17.5 Å². The van der Waals surface area contributed by atoms with Gasteiger partial charge in [-0.15, -0.1) is 0 Å². The van der Waals surface area contributed by atoms with E-state index in [9.17, 15) is 12.8 Å². The number of nitrogens with one attached hydrogen (secondary N) is 1. The standard InChI is InChI=1S/C15H17FN2O2S/c16-14-3-1-2-12(10-14)8-9-18-21(19,20)11-13-4-6-15(17)7-5-13/h1-7,10,18H,8-9,11,17H2. The molecule has 3 N–H and O–H groups in total. The zero-order valence-electron chi connectivity index (χ0n) is 11.4. The predicted octanol–water partition coefficient (Wildman–Crippen LogP) is 2.07. The second kappa shape index (κ2) is 6.69. The van der Waals surface area contributed by atoms with Crippen molar-refractivity contribution in [2.75, 3.05) is 12.3 Å². The van der Waals surface area contributed by atoms with Gasteiger partial charge in [0.05, 0.1) is 5.75 Å². The van der Waals surface area contributed by atoms with Gasteiger partial charge in [0.1, 0.15) is 5.82 Å². The Kier molecular flexibility index (Phi) is 4.93. The van der Waals surface area contributed by atoms with Crippen LogP contribution in [0.25, 0.3) is 0 Å². The van der Waals surface area contributed by atoms with E-state index >= 15 is 0 Å². The maximum Gasteiger partial charge on any atom is 0.215 e. The quantitative estimate of drug-likeness (QED) is 0.802. The van der Waals surface area contributed by atoms with Crippen molar-refractivity contribution in [1.82, 2.24) is 4.72 Å². The van der Waals surface area contributed by atoms with Gasteiger partial charge in [0.15, 0.2) is 0 Å². The second-order valence-electron chi connectivity index (χ2n) is 4.77. The molecule has 4 nitrogen and oxygen atoms in total. The average molecular weight is 308 g/mol. The molecule has 2 rings (SSSR count). The summed E-state index contributed by atoms with van der Waals surface area (Å²) in [4.78, 5) is 0. The molecule has 0 aliphatic rings. The minimum Gasteiger partial charge on any atom is -0.399 e. The molecular weight excluding hydrogens is 291 g/mol. The highest BCUT2D eigenvalue weighted by molar-refractivity contribution is 7.88. The molecule has 112 valence electrons. The fourth-order valence-electron chi connectivity index (χ4n) is 1.93. The van der Waals surface area contributed by atoms with Crippen molar-refractivity contribution in [2.45, 2.75) is 12.2 Å². The molecular formula is C15H17FN2O2S. The number of halogens is 1. The number of hydrogen-bond acceptors (Lipinski definition) is 3. The van der Waals surface area contributed by atoms with Crippen molar-refractivity contribution >= 4 is 15.7 Å². The second-order valence-corrected chi connectivity index (χ2v) is 6.58. The Bertz CT molecular complexity index is 700. The van der Waals surface area contributed by atoms with Crippen molar-refractivity contribution in [3.63, 3.8) is 0 Å². The Hall–Kier alpha value is -1.92. The first-order valence-corrected chi connectivity index (χ1v) is 8.16. The molecule has 0 aromatic heterocycles. The Balaban J connectivity index is 1.88. The van der Waals surface area contributed by atoms with Gasteiger partial charge in [-0.3, -0.25) is 0 Å². The van der Waals surface area contributed by atoms with E-state index in [1.807, 2.05) is 0 Å². The minimum atomic E-state index is -3.41. The molecule has 0 radical (unpaired) electrons. The molecule has 6 heteroatoms. The van der Waals surface area contributed by atoms with Gasteiger partial charge in [0, 0.05) is 12.2 Å². The highest BCUT2D eigenvalue weighted by Gasteiger charge is 2.10. The zero-order chi connectivity index (χ0) is 15.3. The maximum absolute atomic E-state index is 13.0. The number of hydrogen-bond donors (Lipinski definition) is 2. The SMILES string of the molecule is Nc1ccc(CS(=O)(=O)NCCc2cccc(F)c2)cc1. The van der Waals surface area contributed by atoms with Crippen LogP contribution in [0.15, 0.2) is 48.5 Å². The number of rotatable bonds is 6. The number of nitrogens with two attached hydrogens (primary N) is 1. The summed E-state index contributed by atoms with van der Waals surface area (Å²) in [6.07, 6.45) is 0.443. The summed E-state index contributed by atoms with van der Waals surface area (Å²) < 4.78 is 39.4. The first kappa shape index (κ1) is 15.5. The summed E-state index contributed by atoms with van der Waals surface area (Å²) in [6, 6.07) is 12.8. The number of sulfonamides is 1. The van der Waals surface area contributed by atoms with Gasteiger partial charge in [0.25, 0.3) is 0 Å². The van der Waals surface area contributed by atoms with E-state index in [-0.39, 0.29) is 18.1 Å². The summed E-state index contributed by atoms with van der Waals surface area (Å²) in [5.74, 6) is -0.423. The van der Waals surface area contributed by atoms with Crippen molar-refractivity contribution < 1.29 is 12.8 Å². The molecule has 0 spiro atoms. The van der Waals surface area contributed by atoms with Crippen LogP contribution < -0.4 is 10.5 Å². The Morgan fingerprint density at radius 3 is 2.43 bits per heavy atom. The normalized spacial score (nSPS) is 11.5. The zero-order valence-corrected chi connectivity index (χ0v) is 12.2. The smallest absolute Gasteiger partial charge is 0.215 e. The fourth-order valence-corrected chi connectivity index (χ4v) is 3.07. The summed E-state index contributed by atoms with van der Waals surface area (Å²) in [5.41, 5.74) is 7.57. The third-order valence-corrected chi connectivity index (χ3v) is 4.32. The molecule has 0 atom stereocenters. The predicted molar refractivity (Wildman–Crippen MR) is 81.6 cm³/mol. The molecule has 0 heterocycles. The van der Waals surface area contributed by atoms with Crippen LogP contribution in [0.2, 0.25) is 0 Å². The van der Waals surface area contributed by atoms with E-state index in [1.165, 1.54) is 12.1 Å². The van der Waals surface area contributed by atoms with Crippen LogP contribution in [-0.4, -0.2) is 15.0 Å². The molecule has 0 saturated heterocycles. The lowest BCUT2D eigenvalue weighted by molar-refractivity contribution is 0.580. The Morgan fingerprint density at radius 1 is 1.05 bits per heavy atom. The molecule has 0 aliphatic heterocycles. The van der Waals surface area contributed by atoms with Crippen LogP contribution in [0.4, 0.5) is 10.1 Å². The Labute approximate surface area is 123 Å². The van der Waals surface area contributed by atoms with Gasteiger partial charge in [-0.1, -0.05) is 24.3 Å². The van der Waals surface area contributed by atoms with Crippen LogP contribution in [-0.2, 0) is 22.2 Å². The molecule has 0 amide bonds. The lowest BCUT2D eigenvalue weighted by Gasteiger charge is -2.07. The van der Waals surface area contributed by atoms with Gasteiger partial charge in [-0.05, 0) is 41.8 Å². The summed E-state index contributed by atoms with van der Waals surface area (Å²) in [6.45, 7) is 0.237. The molecule has 0 aliphatic carbocycles. The van der Waals surface area contributed by atoms with Crippen LogP contribution in [0.3, 0.4) is 0 Å². The average Bonchev–Trinajstić information content (AvgIpc) is 2.41. The van der Waals surface area contributed by atoms with Crippen LogP contribution in [0, 0.1) is 5.82 Å². The number of nitrogen functional groups attached to an aromatic ring is 1. The van der Waals surface area contributed by atoms with Crippen LogP contribution >= 0.6 is 0 Å². The summed E-state index contributed by atoms with van der Waals surface area (Å²) in [5, 5.41) is 0. The van der Waals surface area contributed by atoms with Crippen molar-refractivity contribution in [2.24, 2.45) is 0 Å². The number of benzene rings is 2. The lowest BCUT2D eigenvalue weighted by Crippen LogP contribution is -2.27. The monoisotopic (exact) mass is 308 g/mol. The molecule has 0 fully saturated rings. The highest BCUT2D eigenvalue weighted by Crippen LogP contribution is 2.09. The van der Waals surface area contributed by atoms with E-state index in [2.05, 4.69) is 4.72 Å². The number of anilines is 1. The van der Waals surface area contributed by atoms with E-state index < -0.39 is 10.0 Å². The first-order chi connectivity index (χ1) is 9.94. The lowest BCUT2D eigenvalue weighted by atomic mass is 10.1. The minimum absolute atomic E-state index is 0.101. The van der Waals surface area contributed by atoms with Crippen LogP contribution in [0.5, 0.6) is 0 Å². The van der Waals surface area contributed by atoms with E-state index in [4.69, 9.17) is 5.73 Å². The van der Waals surface area contributed by atoms with Crippen LogP contribution in [0.1, 0.15) is 11.1 Å². The molecule has 21 heavy (non-hydrogen) atoms. The largest absolute Gasteiger partial charge is 0.399 e. The molecule has 2 aromatic rings. The molecule has 2 aromatic carbocycles. The van der Waals surface area contributed by atoms with E-state index in [0.717, 1.165) is 5.56 Å². The van der Waals surface area contributed by atoms with E-state index in [1.54, 1.807) is 36.4 Å². The topological polar surface area (TPSA) is 72.2 Å². The van der Waals surface area contributed by atoms with Crippen molar-refractivity contribution in [3.05, 3.63) is 65.5 Å². The first-order valence-electron chi connectivity index (χ1n) is 6.51. The summed E-state index contributed by atoms with van der Waals surface area (Å²) in [7, 11) is -3.41. The molecule has 0 bridgehead atoms. The van der Waals surface area contributed by atoms with Gasteiger partial charge in [0.2, 0.25) is 10.0 Å². The Morgan fingerprint density at radius 2 is 1.76 bits per heavy atom. The van der Waals surface area contributed by atoms with Crippen molar-refractivity contribution in [3.8, 4) is 0 Å². The maximum atomic E-state index is 13.0. The molecule has 0 saturated carbocycles. The van der Waals surface area contributed by atoms with Gasteiger partial charge < -0.3 is 5.73 Å². The summed E-state index contributed by atoms with van der Waals surface area (Å²) >= 11 is 0. The molecule has 0 unspecified atom stereocenters. The highest BCUT2D eigenvalue weighted by atomic mass is 32.2. The van der Waals surface area contributed by atoms with E-state index in [0.29, 0.717) is 17.7 Å². The van der Waals surface area contributed by atoms with Gasteiger partial charge in [-0.2, -0.15) is 0 Å². The third kappa shape index (κ3) is 5.17. The van der Waals surface area contributed by atoms with Crippen molar-refractivity contribution in [1.29, 1.82) is 0 Å².